The normalized spacial score (nSPS) is 17.8. The van der Waals surface area contributed by atoms with Crippen molar-refractivity contribution < 1.29 is 9.26 Å². The van der Waals surface area contributed by atoms with Crippen molar-refractivity contribution in [1.82, 2.24) is 24.7 Å². The topological polar surface area (TPSA) is 68.7 Å². The number of aryl methyl sites for hydroxylation is 2. The van der Waals surface area contributed by atoms with Crippen molar-refractivity contribution in [3.63, 3.8) is 0 Å². The van der Waals surface area contributed by atoms with Gasteiger partial charge in [0.15, 0.2) is 11.5 Å². The molecule has 0 bridgehead atoms. The molecule has 0 unspecified atom stereocenters. The van der Waals surface area contributed by atoms with E-state index in [1.165, 1.54) is 0 Å². The molecule has 7 nitrogen and oxygen atoms in total. The Kier molecular flexibility index (Phi) is 4.61. The summed E-state index contributed by atoms with van der Waals surface area (Å²) in [5, 5.41) is 8.77. The molecule has 1 aliphatic heterocycles. The maximum Gasteiger partial charge on any atom is 0.181 e. The minimum Gasteiger partial charge on any atom is -0.367 e. The van der Waals surface area contributed by atoms with Crippen LogP contribution in [0.15, 0.2) is 53.2 Å². The summed E-state index contributed by atoms with van der Waals surface area (Å²) in [5.74, 6) is 1.60. The molecule has 148 valence electrons. The lowest BCUT2D eigenvalue weighted by atomic mass is 10.1. The van der Waals surface area contributed by atoms with Crippen LogP contribution in [0.5, 0.6) is 0 Å². The minimum atomic E-state index is -0.149. The van der Waals surface area contributed by atoms with Crippen molar-refractivity contribution in [3.05, 3.63) is 71.5 Å². The fourth-order valence-electron chi connectivity index (χ4n) is 3.79. The Morgan fingerprint density at radius 1 is 1.07 bits per heavy atom. The molecule has 0 amide bonds. The lowest BCUT2D eigenvalue weighted by molar-refractivity contribution is -0.0372. The molecule has 3 aromatic heterocycles. The van der Waals surface area contributed by atoms with Gasteiger partial charge in [-0.05, 0) is 31.5 Å². The summed E-state index contributed by atoms with van der Waals surface area (Å²) >= 11 is 0. The van der Waals surface area contributed by atoms with Crippen LogP contribution in [0.25, 0.3) is 16.8 Å². The van der Waals surface area contributed by atoms with E-state index in [-0.39, 0.29) is 6.10 Å². The van der Waals surface area contributed by atoms with Gasteiger partial charge < -0.3 is 9.26 Å². The average molecular weight is 389 g/mol. The molecule has 7 heteroatoms. The van der Waals surface area contributed by atoms with Crippen molar-refractivity contribution in [2.75, 3.05) is 19.7 Å². The quantitative estimate of drug-likeness (QED) is 0.531. The summed E-state index contributed by atoms with van der Waals surface area (Å²) in [6, 6.07) is 14.4. The van der Waals surface area contributed by atoms with Crippen molar-refractivity contribution in [2.24, 2.45) is 0 Å². The van der Waals surface area contributed by atoms with Gasteiger partial charge >= 0.3 is 0 Å². The lowest BCUT2D eigenvalue weighted by Crippen LogP contribution is -2.38. The second-order valence-electron chi connectivity index (χ2n) is 7.45. The van der Waals surface area contributed by atoms with Crippen LogP contribution in [-0.2, 0) is 11.3 Å². The predicted octanol–water partition coefficient (Wildman–Crippen LogP) is 3.57. The molecule has 0 spiro atoms. The van der Waals surface area contributed by atoms with Crippen LogP contribution in [0.2, 0.25) is 0 Å². The van der Waals surface area contributed by atoms with Crippen LogP contribution in [0.4, 0.5) is 0 Å². The zero-order valence-corrected chi connectivity index (χ0v) is 16.6. The van der Waals surface area contributed by atoms with Crippen molar-refractivity contribution in [3.8, 4) is 11.1 Å². The highest BCUT2D eigenvalue weighted by Crippen LogP contribution is 2.24. The second kappa shape index (κ2) is 7.42. The third-order valence-corrected chi connectivity index (χ3v) is 5.46. The Bertz CT molecular complexity index is 1120. The Balaban J connectivity index is 1.37. The van der Waals surface area contributed by atoms with Gasteiger partial charge in [0.05, 0.1) is 12.3 Å². The van der Waals surface area contributed by atoms with Crippen molar-refractivity contribution in [2.45, 2.75) is 26.5 Å². The number of morpholine rings is 1. The molecule has 1 saturated heterocycles. The van der Waals surface area contributed by atoms with Gasteiger partial charge in [0.25, 0.3) is 0 Å². The summed E-state index contributed by atoms with van der Waals surface area (Å²) in [4.78, 5) is 7.06. The molecule has 5 rings (SSSR count). The highest BCUT2D eigenvalue weighted by atomic mass is 16.5. The van der Waals surface area contributed by atoms with E-state index in [0.29, 0.717) is 6.61 Å². The van der Waals surface area contributed by atoms with Gasteiger partial charge in [-0.1, -0.05) is 35.5 Å². The molecule has 29 heavy (non-hydrogen) atoms. The molecule has 0 saturated carbocycles. The maximum absolute atomic E-state index is 6.00. The molecule has 0 aliphatic carbocycles. The van der Waals surface area contributed by atoms with Gasteiger partial charge in [0.2, 0.25) is 0 Å². The van der Waals surface area contributed by atoms with E-state index in [0.717, 1.165) is 59.3 Å². The highest BCUT2D eigenvalue weighted by Gasteiger charge is 2.27. The first-order valence-corrected chi connectivity index (χ1v) is 9.85. The standard InChI is InChI=1S/C22H23N5O2/c1-15-19(16(2)29-25-15)13-26-10-11-28-20(14-26)22-23-21-9-8-18(12-27(21)24-22)17-6-4-3-5-7-17/h3-9,12,20H,10-11,13-14H2,1-2H3/t20-/m0/s1. The average Bonchev–Trinajstić information content (AvgIpc) is 3.32. The molecule has 0 radical (unpaired) electrons. The van der Waals surface area contributed by atoms with E-state index in [2.05, 4.69) is 28.3 Å². The Morgan fingerprint density at radius 3 is 2.72 bits per heavy atom. The zero-order valence-electron chi connectivity index (χ0n) is 16.6. The van der Waals surface area contributed by atoms with E-state index < -0.39 is 0 Å². The number of fused-ring (bicyclic) bond motifs is 1. The van der Waals surface area contributed by atoms with Gasteiger partial charge in [-0.3, -0.25) is 4.90 Å². The van der Waals surface area contributed by atoms with E-state index in [9.17, 15) is 0 Å². The molecular weight excluding hydrogens is 366 g/mol. The fraction of sp³-hybridized carbons (Fsp3) is 0.318. The Labute approximate surface area is 168 Å². The third kappa shape index (κ3) is 3.54. The summed E-state index contributed by atoms with van der Waals surface area (Å²) in [6.07, 6.45) is 1.87. The number of aromatic nitrogens is 4. The first-order chi connectivity index (χ1) is 14.2. The first kappa shape index (κ1) is 18.0. The van der Waals surface area contributed by atoms with Crippen molar-refractivity contribution >= 4 is 5.65 Å². The zero-order chi connectivity index (χ0) is 19.8. The molecule has 0 N–H and O–H groups in total. The number of hydrogen-bond acceptors (Lipinski definition) is 6. The van der Waals surface area contributed by atoms with Crippen LogP contribution in [0.3, 0.4) is 0 Å². The van der Waals surface area contributed by atoms with E-state index >= 15 is 0 Å². The monoisotopic (exact) mass is 389 g/mol. The van der Waals surface area contributed by atoms with Gasteiger partial charge in [-0.15, -0.1) is 5.10 Å². The predicted molar refractivity (Wildman–Crippen MR) is 108 cm³/mol. The largest absolute Gasteiger partial charge is 0.367 e. The van der Waals surface area contributed by atoms with Gasteiger partial charge in [0.1, 0.15) is 11.9 Å². The summed E-state index contributed by atoms with van der Waals surface area (Å²) < 4.78 is 13.1. The number of benzene rings is 1. The SMILES string of the molecule is Cc1noc(C)c1CN1CCO[C@H](c2nc3ccc(-c4ccccc4)cn3n2)C1. The van der Waals surface area contributed by atoms with E-state index in [4.69, 9.17) is 19.3 Å². The molecule has 4 aromatic rings. The molecule has 1 aliphatic rings. The number of hydrogen-bond donors (Lipinski definition) is 0. The van der Waals surface area contributed by atoms with Crippen molar-refractivity contribution in [1.29, 1.82) is 0 Å². The summed E-state index contributed by atoms with van der Waals surface area (Å²) in [7, 11) is 0. The van der Waals surface area contributed by atoms with Gasteiger partial charge in [-0.2, -0.15) is 0 Å². The lowest BCUT2D eigenvalue weighted by Gasteiger charge is -2.31. The number of ether oxygens (including phenoxy) is 1. The Hall–Kier alpha value is -3.03. The molecule has 1 atom stereocenters. The third-order valence-electron chi connectivity index (χ3n) is 5.46. The van der Waals surface area contributed by atoms with E-state index in [1.807, 2.05) is 48.8 Å². The molecule has 4 heterocycles. The fourth-order valence-corrected chi connectivity index (χ4v) is 3.79. The number of rotatable bonds is 4. The summed E-state index contributed by atoms with van der Waals surface area (Å²) in [5.41, 5.74) is 5.20. The molecule has 1 aromatic carbocycles. The van der Waals surface area contributed by atoms with Gasteiger partial charge in [0, 0.05) is 37.0 Å². The second-order valence-corrected chi connectivity index (χ2v) is 7.45. The minimum absolute atomic E-state index is 0.149. The first-order valence-electron chi connectivity index (χ1n) is 9.85. The highest BCUT2D eigenvalue weighted by molar-refractivity contribution is 5.64. The van der Waals surface area contributed by atoms with Crippen LogP contribution in [-0.4, -0.2) is 44.4 Å². The molecular formula is C22H23N5O2. The summed E-state index contributed by atoms with van der Waals surface area (Å²) in [6.45, 7) is 7.00. The van der Waals surface area contributed by atoms with Crippen LogP contribution in [0.1, 0.15) is 28.9 Å². The number of pyridine rings is 1. The van der Waals surface area contributed by atoms with Crippen LogP contribution < -0.4 is 0 Å². The van der Waals surface area contributed by atoms with Gasteiger partial charge in [-0.25, -0.2) is 9.50 Å². The van der Waals surface area contributed by atoms with Crippen LogP contribution in [0, 0.1) is 13.8 Å². The Morgan fingerprint density at radius 2 is 1.93 bits per heavy atom. The number of nitrogens with zero attached hydrogens (tertiary/aromatic N) is 5. The maximum atomic E-state index is 6.00. The smallest absolute Gasteiger partial charge is 0.181 e. The van der Waals surface area contributed by atoms with Crippen LogP contribution >= 0.6 is 0 Å². The molecule has 1 fully saturated rings. The van der Waals surface area contributed by atoms with E-state index in [1.54, 1.807) is 0 Å².